The zero-order valence-corrected chi connectivity index (χ0v) is 19.6. The molecule has 0 unspecified atom stereocenters. The van der Waals surface area contributed by atoms with Crippen LogP contribution in [-0.2, 0) is 20.9 Å². The summed E-state index contributed by atoms with van der Waals surface area (Å²) in [6.07, 6.45) is 2.14. The molecule has 0 aliphatic carbocycles. The number of benzene rings is 3. The number of hydrogen-bond acceptors (Lipinski definition) is 4. The number of amides is 1. The monoisotopic (exact) mass is 463 g/mol. The molecular weight excluding hydrogens is 433 g/mol. The molecule has 0 saturated heterocycles. The van der Waals surface area contributed by atoms with Gasteiger partial charge < -0.3 is 14.4 Å². The second-order valence-corrected chi connectivity index (χ2v) is 7.88. The molecule has 178 valence electrons. The van der Waals surface area contributed by atoms with Crippen LogP contribution >= 0.6 is 0 Å². The summed E-state index contributed by atoms with van der Waals surface area (Å²) in [5, 5.41) is 0. The Morgan fingerprint density at radius 1 is 0.912 bits per heavy atom. The minimum Gasteiger partial charge on any atom is -0.482 e. The van der Waals surface area contributed by atoms with E-state index < -0.39 is 5.97 Å². The number of rotatable bonds is 11. The number of unbranched alkanes of at least 4 members (excludes halogenated alkanes) is 1. The van der Waals surface area contributed by atoms with Gasteiger partial charge in [-0.05, 0) is 60.4 Å². The van der Waals surface area contributed by atoms with Crippen LogP contribution in [0.2, 0.25) is 0 Å². The van der Waals surface area contributed by atoms with Crippen molar-refractivity contribution in [2.45, 2.75) is 39.7 Å². The highest BCUT2D eigenvalue weighted by Gasteiger charge is 2.16. The fraction of sp³-hybridized carbons (Fsp3) is 0.286. The number of halogens is 1. The third-order valence-corrected chi connectivity index (χ3v) is 5.31. The van der Waals surface area contributed by atoms with Gasteiger partial charge in [0.05, 0.1) is 13.2 Å². The lowest BCUT2D eigenvalue weighted by molar-refractivity contribution is -0.145. The van der Waals surface area contributed by atoms with Crippen molar-refractivity contribution < 1.29 is 23.5 Å². The third kappa shape index (κ3) is 7.17. The van der Waals surface area contributed by atoms with Crippen molar-refractivity contribution in [3.8, 4) is 16.9 Å². The quantitative estimate of drug-likeness (QED) is 0.320. The van der Waals surface area contributed by atoms with Gasteiger partial charge in [0.2, 0.25) is 5.91 Å². The van der Waals surface area contributed by atoms with E-state index in [0.717, 1.165) is 29.5 Å². The van der Waals surface area contributed by atoms with Crippen molar-refractivity contribution in [1.29, 1.82) is 0 Å². The van der Waals surface area contributed by atoms with E-state index >= 15 is 0 Å². The number of esters is 1. The van der Waals surface area contributed by atoms with E-state index in [4.69, 9.17) is 9.47 Å². The molecule has 0 aliphatic heterocycles. The Labute approximate surface area is 200 Å². The molecule has 3 aromatic carbocycles. The molecule has 0 atom stereocenters. The van der Waals surface area contributed by atoms with E-state index in [1.165, 1.54) is 12.1 Å². The van der Waals surface area contributed by atoms with Gasteiger partial charge in [-0.2, -0.15) is 0 Å². The summed E-state index contributed by atoms with van der Waals surface area (Å²) in [5.41, 5.74) is 3.52. The molecule has 0 N–H and O–H groups in total. The van der Waals surface area contributed by atoms with Crippen LogP contribution in [0.15, 0.2) is 72.8 Å². The molecule has 34 heavy (non-hydrogen) atoms. The summed E-state index contributed by atoms with van der Waals surface area (Å²) < 4.78 is 24.1. The lowest BCUT2D eigenvalue weighted by Gasteiger charge is -2.23. The van der Waals surface area contributed by atoms with Crippen molar-refractivity contribution in [1.82, 2.24) is 0 Å². The third-order valence-electron chi connectivity index (χ3n) is 5.31. The number of anilines is 1. The molecule has 0 bridgehead atoms. The van der Waals surface area contributed by atoms with Crippen molar-refractivity contribution in [3.05, 3.63) is 84.2 Å². The maximum Gasteiger partial charge on any atom is 0.344 e. The van der Waals surface area contributed by atoms with Gasteiger partial charge in [0, 0.05) is 12.1 Å². The Bertz CT molecular complexity index is 1080. The topological polar surface area (TPSA) is 55.8 Å². The van der Waals surface area contributed by atoms with E-state index in [9.17, 15) is 14.0 Å². The van der Waals surface area contributed by atoms with Crippen LogP contribution in [-0.4, -0.2) is 25.1 Å². The molecule has 0 heterocycles. The summed E-state index contributed by atoms with van der Waals surface area (Å²) in [6, 6.07) is 21.5. The predicted octanol–water partition coefficient (Wildman–Crippen LogP) is 6.16. The molecule has 0 spiro atoms. The summed E-state index contributed by atoms with van der Waals surface area (Å²) in [7, 11) is 0. The van der Waals surface area contributed by atoms with E-state index in [-0.39, 0.29) is 18.3 Å². The van der Waals surface area contributed by atoms with Gasteiger partial charge in [-0.15, -0.1) is 0 Å². The Hall–Kier alpha value is -3.67. The second kappa shape index (κ2) is 12.5. The van der Waals surface area contributed by atoms with Crippen LogP contribution in [0.1, 0.15) is 38.7 Å². The number of hydrogen-bond donors (Lipinski definition) is 0. The van der Waals surface area contributed by atoms with Crippen molar-refractivity contribution >= 4 is 17.6 Å². The second-order valence-electron chi connectivity index (χ2n) is 7.88. The fourth-order valence-electron chi connectivity index (χ4n) is 3.50. The highest BCUT2D eigenvalue weighted by Crippen LogP contribution is 2.25. The fourth-order valence-corrected chi connectivity index (χ4v) is 3.50. The zero-order chi connectivity index (χ0) is 24.3. The van der Waals surface area contributed by atoms with Gasteiger partial charge in [-0.3, -0.25) is 4.79 Å². The number of carbonyl (C=O) groups is 2. The first-order valence-corrected chi connectivity index (χ1v) is 11.5. The molecule has 0 aliphatic rings. The molecule has 6 heteroatoms. The number of nitrogens with zero attached hydrogens (tertiary/aromatic N) is 1. The Kier molecular flexibility index (Phi) is 9.21. The summed E-state index contributed by atoms with van der Waals surface area (Å²) in [6.45, 7) is 4.36. The van der Waals surface area contributed by atoms with Crippen molar-refractivity contribution in [3.63, 3.8) is 0 Å². The lowest BCUT2D eigenvalue weighted by Crippen LogP contribution is -2.30. The smallest absolute Gasteiger partial charge is 0.344 e. The van der Waals surface area contributed by atoms with E-state index in [1.807, 2.05) is 43.3 Å². The molecule has 3 rings (SSSR count). The summed E-state index contributed by atoms with van der Waals surface area (Å²) >= 11 is 0. The van der Waals surface area contributed by atoms with Gasteiger partial charge in [-0.25, -0.2) is 9.18 Å². The van der Waals surface area contributed by atoms with Gasteiger partial charge in [0.1, 0.15) is 11.6 Å². The molecule has 1 amide bonds. The van der Waals surface area contributed by atoms with Crippen LogP contribution in [0, 0.1) is 5.82 Å². The molecule has 0 radical (unpaired) electrons. The minimum atomic E-state index is -0.400. The minimum absolute atomic E-state index is 0.0186. The summed E-state index contributed by atoms with van der Waals surface area (Å²) in [4.78, 5) is 25.9. The molecular formula is C28H30FNO4. The lowest BCUT2D eigenvalue weighted by atomic mass is 10.0. The van der Waals surface area contributed by atoms with E-state index in [1.54, 1.807) is 36.1 Å². The van der Waals surface area contributed by atoms with Gasteiger partial charge in [0.15, 0.2) is 6.61 Å². The SMILES string of the molecule is CCCCC(=O)N(Cc1ccc(-c2ccc(OCC(=O)OCC)cc2)cc1)c1cccc(F)c1. The Morgan fingerprint density at radius 3 is 2.21 bits per heavy atom. The first-order valence-electron chi connectivity index (χ1n) is 11.5. The normalized spacial score (nSPS) is 10.6. The van der Waals surface area contributed by atoms with Crippen LogP contribution in [0.25, 0.3) is 11.1 Å². The number of ether oxygens (including phenoxy) is 2. The first kappa shape index (κ1) is 25.0. The Balaban J connectivity index is 1.69. The van der Waals surface area contributed by atoms with Crippen molar-refractivity contribution in [2.75, 3.05) is 18.1 Å². The molecule has 5 nitrogen and oxygen atoms in total. The van der Waals surface area contributed by atoms with Gasteiger partial charge in [-0.1, -0.05) is 55.8 Å². The highest BCUT2D eigenvalue weighted by atomic mass is 19.1. The van der Waals surface area contributed by atoms with Crippen LogP contribution in [0.3, 0.4) is 0 Å². The molecule has 3 aromatic rings. The molecule has 0 saturated carbocycles. The van der Waals surface area contributed by atoms with Crippen LogP contribution in [0.5, 0.6) is 5.75 Å². The van der Waals surface area contributed by atoms with Crippen LogP contribution < -0.4 is 9.64 Å². The molecule has 0 fully saturated rings. The number of carbonyl (C=O) groups excluding carboxylic acids is 2. The first-order chi connectivity index (χ1) is 16.5. The zero-order valence-electron chi connectivity index (χ0n) is 19.6. The Morgan fingerprint density at radius 2 is 1.59 bits per heavy atom. The average Bonchev–Trinajstić information content (AvgIpc) is 2.85. The largest absolute Gasteiger partial charge is 0.482 e. The average molecular weight is 464 g/mol. The standard InChI is InChI=1S/C28H30FNO4/c1-3-5-9-27(31)30(25-8-6-7-24(29)18-25)19-21-10-12-22(13-11-21)23-14-16-26(17-15-23)34-20-28(32)33-4-2/h6-8,10-18H,3-5,9,19-20H2,1-2H3. The highest BCUT2D eigenvalue weighted by molar-refractivity contribution is 5.93. The van der Waals surface area contributed by atoms with E-state index in [2.05, 4.69) is 0 Å². The van der Waals surface area contributed by atoms with Gasteiger partial charge >= 0.3 is 5.97 Å². The molecule has 0 aromatic heterocycles. The predicted molar refractivity (Wildman–Crippen MR) is 131 cm³/mol. The maximum atomic E-state index is 13.8. The van der Waals surface area contributed by atoms with Crippen LogP contribution in [0.4, 0.5) is 10.1 Å². The van der Waals surface area contributed by atoms with Crippen molar-refractivity contribution in [2.24, 2.45) is 0 Å². The van der Waals surface area contributed by atoms with E-state index in [0.29, 0.717) is 31.0 Å². The maximum absolute atomic E-state index is 13.8. The van der Waals surface area contributed by atoms with Gasteiger partial charge in [0.25, 0.3) is 0 Å². The summed E-state index contributed by atoms with van der Waals surface area (Å²) in [5.74, 6) is -0.196.